The van der Waals surface area contributed by atoms with E-state index in [0.717, 1.165) is 16.7 Å². The number of rotatable bonds is 1. The lowest BCUT2D eigenvalue weighted by molar-refractivity contribution is 0.501. The smallest absolute Gasteiger partial charge is 0.0363 e. The molecule has 2 unspecified atom stereocenters. The van der Waals surface area contributed by atoms with Crippen LogP contribution in [0.3, 0.4) is 0 Å². The Morgan fingerprint density at radius 3 is 2.77 bits per heavy atom. The second-order valence-electron chi connectivity index (χ2n) is 8.55. The second-order valence-corrected chi connectivity index (χ2v) is 10.2. The third-order valence-electron chi connectivity index (χ3n) is 6.43. The molecular formula is C24H26S2. The predicted octanol–water partition coefficient (Wildman–Crippen LogP) is 7.12. The first-order valence-electron chi connectivity index (χ1n) is 9.93. The van der Waals surface area contributed by atoms with Gasteiger partial charge < -0.3 is 0 Å². The van der Waals surface area contributed by atoms with Crippen LogP contribution in [0.15, 0.2) is 40.3 Å². The van der Waals surface area contributed by atoms with Gasteiger partial charge in [0.05, 0.1) is 0 Å². The van der Waals surface area contributed by atoms with Crippen molar-refractivity contribution in [2.24, 2.45) is 11.8 Å². The van der Waals surface area contributed by atoms with Crippen LogP contribution in [0.4, 0.5) is 0 Å². The molecule has 0 bridgehead atoms. The molecule has 2 heteroatoms. The highest BCUT2D eigenvalue weighted by Gasteiger charge is 2.26. The monoisotopic (exact) mass is 378 g/mol. The zero-order valence-electron chi connectivity index (χ0n) is 15.6. The largest absolute Gasteiger partial charge is 0.143 e. The zero-order chi connectivity index (χ0) is 17.8. The quantitative estimate of drug-likeness (QED) is 0.502. The fourth-order valence-corrected chi connectivity index (χ4v) is 6.53. The normalized spacial score (nSPS) is 24.3. The predicted molar refractivity (Wildman–Crippen MR) is 116 cm³/mol. The van der Waals surface area contributed by atoms with Gasteiger partial charge in [0.15, 0.2) is 0 Å². The lowest BCUT2D eigenvalue weighted by Crippen LogP contribution is -2.14. The molecule has 3 aliphatic rings. The number of aryl methyl sites for hydroxylation is 1. The van der Waals surface area contributed by atoms with Gasteiger partial charge in [-0.05, 0) is 97.7 Å². The van der Waals surface area contributed by atoms with Crippen LogP contribution in [0, 0.1) is 11.8 Å². The average Bonchev–Trinajstić information content (AvgIpc) is 3.02. The summed E-state index contributed by atoms with van der Waals surface area (Å²) in [4.78, 5) is 4.12. The van der Waals surface area contributed by atoms with Crippen molar-refractivity contribution in [3.63, 3.8) is 0 Å². The standard InChI is InChI=1S/C24H26S2/c1-14-4-6-17-12-23-20(9-18(17)7-14)13-24(26-23)21-10-19-8-15(2)3-5-16(19)11-22(21)25/h7,9-11,13,15,17,25H,3-6,8,12H2,1-2H3. The maximum Gasteiger partial charge on any atom is 0.0363 e. The Kier molecular flexibility index (Phi) is 4.17. The molecule has 0 amide bonds. The number of benzene rings is 1. The maximum atomic E-state index is 4.86. The molecule has 0 radical (unpaired) electrons. The minimum atomic E-state index is 0.734. The summed E-state index contributed by atoms with van der Waals surface area (Å²) < 4.78 is 0. The third-order valence-corrected chi connectivity index (χ3v) is 8.00. The van der Waals surface area contributed by atoms with E-state index in [1.54, 1.807) is 16.0 Å². The van der Waals surface area contributed by atoms with E-state index < -0.39 is 0 Å². The molecule has 5 rings (SSSR count). The molecule has 0 saturated heterocycles. The summed E-state index contributed by atoms with van der Waals surface area (Å²) in [5.41, 5.74) is 8.94. The van der Waals surface area contributed by atoms with Crippen LogP contribution in [-0.2, 0) is 19.3 Å². The van der Waals surface area contributed by atoms with Gasteiger partial charge in [0.2, 0.25) is 0 Å². The zero-order valence-corrected chi connectivity index (χ0v) is 17.4. The first-order chi connectivity index (χ1) is 12.6. The molecule has 2 atom stereocenters. The summed E-state index contributed by atoms with van der Waals surface area (Å²) in [5, 5.41) is 0. The Morgan fingerprint density at radius 1 is 1.00 bits per heavy atom. The van der Waals surface area contributed by atoms with E-state index >= 15 is 0 Å². The molecule has 1 aromatic heterocycles. The van der Waals surface area contributed by atoms with Gasteiger partial charge in [-0.2, -0.15) is 0 Å². The Morgan fingerprint density at radius 2 is 1.88 bits per heavy atom. The van der Waals surface area contributed by atoms with Crippen LogP contribution in [-0.4, -0.2) is 0 Å². The van der Waals surface area contributed by atoms with Gasteiger partial charge in [0, 0.05) is 20.2 Å². The Labute approximate surface area is 166 Å². The van der Waals surface area contributed by atoms with Gasteiger partial charge in [-0.1, -0.05) is 24.6 Å². The van der Waals surface area contributed by atoms with Crippen molar-refractivity contribution in [1.29, 1.82) is 0 Å². The highest BCUT2D eigenvalue weighted by Crippen LogP contribution is 2.44. The number of thiol groups is 1. The topological polar surface area (TPSA) is 0 Å². The lowest BCUT2D eigenvalue weighted by Gasteiger charge is -2.26. The van der Waals surface area contributed by atoms with Crippen molar-refractivity contribution in [1.82, 2.24) is 0 Å². The Hall–Kier alpha value is -1.25. The number of hydrogen-bond donors (Lipinski definition) is 1. The second kappa shape index (κ2) is 6.42. The summed E-state index contributed by atoms with van der Waals surface area (Å²) >= 11 is 6.86. The highest BCUT2D eigenvalue weighted by atomic mass is 32.1. The molecule has 0 nitrogen and oxygen atoms in total. The fourth-order valence-electron chi connectivity index (χ4n) is 4.86. The van der Waals surface area contributed by atoms with Gasteiger partial charge in [-0.15, -0.1) is 24.0 Å². The SMILES string of the molecule is CC1=CC2=Cc3cc(-c4cc5c(cc4S)CCC(C)C5)sc3CC2CC1. The highest BCUT2D eigenvalue weighted by molar-refractivity contribution is 7.80. The third kappa shape index (κ3) is 2.92. The van der Waals surface area contributed by atoms with E-state index in [-0.39, 0.29) is 0 Å². The molecule has 0 spiro atoms. The van der Waals surface area contributed by atoms with Gasteiger partial charge in [0.1, 0.15) is 0 Å². The van der Waals surface area contributed by atoms with Gasteiger partial charge in [0.25, 0.3) is 0 Å². The molecule has 0 aliphatic heterocycles. The minimum Gasteiger partial charge on any atom is -0.143 e. The molecule has 26 heavy (non-hydrogen) atoms. The summed E-state index contributed by atoms with van der Waals surface area (Å²) in [5.74, 6) is 1.54. The minimum absolute atomic E-state index is 0.734. The van der Waals surface area contributed by atoms with Crippen LogP contribution in [0.25, 0.3) is 16.5 Å². The van der Waals surface area contributed by atoms with Crippen LogP contribution in [0.1, 0.15) is 54.7 Å². The molecule has 0 saturated carbocycles. The molecule has 0 fully saturated rings. The Balaban J connectivity index is 1.55. The first-order valence-corrected chi connectivity index (χ1v) is 11.2. The van der Waals surface area contributed by atoms with Crippen molar-refractivity contribution >= 4 is 30.0 Å². The number of thiophene rings is 1. The van der Waals surface area contributed by atoms with Crippen molar-refractivity contribution in [2.45, 2.75) is 57.3 Å². The molecule has 134 valence electrons. The van der Waals surface area contributed by atoms with E-state index in [4.69, 9.17) is 12.6 Å². The van der Waals surface area contributed by atoms with E-state index in [1.807, 2.05) is 11.3 Å². The van der Waals surface area contributed by atoms with Gasteiger partial charge in [-0.3, -0.25) is 0 Å². The molecule has 0 N–H and O–H groups in total. The van der Waals surface area contributed by atoms with Gasteiger partial charge in [-0.25, -0.2) is 0 Å². The number of allylic oxidation sites excluding steroid dienone is 3. The van der Waals surface area contributed by atoms with E-state index in [9.17, 15) is 0 Å². The van der Waals surface area contributed by atoms with Crippen molar-refractivity contribution in [3.8, 4) is 10.4 Å². The van der Waals surface area contributed by atoms with Crippen LogP contribution in [0.2, 0.25) is 0 Å². The van der Waals surface area contributed by atoms with Crippen molar-refractivity contribution in [2.75, 3.05) is 0 Å². The fraction of sp³-hybridized carbons (Fsp3) is 0.417. The lowest BCUT2D eigenvalue weighted by atomic mass is 9.79. The molecule has 3 aliphatic carbocycles. The molecule has 1 aromatic carbocycles. The van der Waals surface area contributed by atoms with E-state index in [2.05, 4.69) is 44.2 Å². The van der Waals surface area contributed by atoms with Crippen molar-refractivity contribution < 1.29 is 0 Å². The molecular weight excluding hydrogens is 352 g/mol. The van der Waals surface area contributed by atoms with Crippen LogP contribution in [0.5, 0.6) is 0 Å². The summed E-state index contributed by atoms with van der Waals surface area (Å²) in [6.45, 7) is 4.65. The summed E-state index contributed by atoms with van der Waals surface area (Å²) in [7, 11) is 0. The summed E-state index contributed by atoms with van der Waals surface area (Å²) in [6.07, 6.45) is 12.4. The summed E-state index contributed by atoms with van der Waals surface area (Å²) in [6, 6.07) is 7.19. The van der Waals surface area contributed by atoms with E-state index in [0.29, 0.717) is 0 Å². The first kappa shape index (κ1) is 16.9. The Bertz CT molecular complexity index is 941. The average molecular weight is 379 g/mol. The van der Waals surface area contributed by atoms with Crippen LogP contribution < -0.4 is 0 Å². The number of hydrogen-bond acceptors (Lipinski definition) is 2. The van der Waals surface area contributed by atoms with E-state index in [1.165, 1.54) is 65.7 Å². The van der Waals surface area contributed by atoms with Crippen LogP contribution >= 0.6 is 24.0 Å². The molecule has 2 aromatic rings. The van der Waals surface area contributed by atoms with Gasteiger partial charge >= 0.3 is 0 Å². The number of fused-ring (bicyclic) bond motifs is 3. The molecule has 1 heterocycles. The maximum absolute atomic E-state index is 4.86. The van der Waals surface area contributed by atoms with Crippen molar-refractivity contribution in [3.05, 3.63) is 57.0 Å².